The summed E-state index contributed by atoms with van der Waals surface area (Å²) in [5.74, 6) is 0. The largest absolute Gasteiger partial charge is 0.386 e. The highest BCUT2D eigenvalue weighted by Gasteiger charge is 2.20. The Morgan fingerprint density at radius 1 is 0.824 bits per heavy atom. The fraction of sp³-hybridized carbons (Fsp3) is 0.200. The van der Waals surface area contributed by atoms with Gasteiger partial charge in [-0.2, -0.15) is 0 Å². The van der Waals surface area contributed by atoms with E-state index in [1.807, 2.05) is 67.7 Å². The van der Waals surface area contributed by atoms with E-state index in [1.54, 1.807) is 0 Å². The molecule has 2 heteroatoms. The van der Waals surface area contributed by atoms with Crippen LogP contribution in [0.4, 0.5) is 0 Å². The second kappa shape index (κ2) is 5.62. The Morgan fingerprint density at radius 2 is 1.29 bits per heavy atom. The molecule has 2 aromatic rings. The molecular weight excluding hydrogens is 210 g/mol. The highest BCUT2D eigenvalue weighted by Crippen LogP contribution is 2.27. The minimum Gasteiger partial charge on any atom is -0.386 e. The summed E-state index contributed by atoms with van der Waals surface area (Å²) in [6, 6.07) is 19.6. The number of hydrogen-bond donors (Lipinski definition) is 2. The molecular formula is C15H17NO. The lowest BCUT2D eigenvalue weighted by Crippen LogP contribution is -2.23. The molecule has 0 radical (unpaired) electrons. The summed E-state index contributed by atoms with van der Waals surface area (Å²) in [6.07, 6.45) is -0.538. The number of likely N-dealkylation sites (N-methyl/N-ethyl adjacent to an activating group) is 1. The Hall–Kier alpha value is -1.64. The third-order valence-corrected chi connectivity index (χ3v) is 2.93. The zero-order chi connectivity index (χ0) is 12.1. The molecule has 0 amide bonds. The van der Waals surface area contributed by atoms with Gasteiger partial charge in [0.2, 0.25) is 0 Å². The van der Waals surface area contributed by atoms with Gasteiger partial charge in [-0.25, -0.2) is 0 Å². The van der Waals surface area contributed by atoms with Crippen molar-refractivity contribution in [3.8, 4) is 0 Å². The van der Waals surface area contributed by atoms with Crippen molar-refractivity contribution in [2.75, 3.05) is 7.05 Å². The third-order valence-electron chi connectivity index (χ3n) is 2.93. The van der Waals surface area contributed by atoms with Gasteiger partial charge in [-0.15, -0.1) is 0 Å². The van der Waals surface area contributed by atoms with Gasteiger partial charge in [-0.3, -0.25) is 0 Å². The van der Waals surface area contributed by atoms with Gasteiger partial charge in [0.05, 0.1) is 12.1 Å². The average Bonchev–Trinajstić information content (AvgIpc) is 2.42. The molecule has 0 saturated heterocycles. The van der Waals surface area contributed by atoms with E-state index in [1.165, 1.54) is 0 Å². The molecule has 1 unspecified atom stereocenters. The van der Waals surface area contributed by atoms with Crippen LogP contribution in [0.3, 0.4) is 0 Å². The predicted molar refractivity (Wildman–Crippen MR) is 69.6 cm³/mol. The fourth-order valence-corrected chi connectivity index (χ4v) is 2.01. The van der Waals surface area contributed by atoms with E-state index in [2.05, 4.69) is 5.32 Å². The first-order chi connectivity index (χ1) is 8.33. The van der Waals surface area contributed by atoms with Crippen LogP contribution < -0.4 is 5.32 Å². The molecule has 0 bridgehead atoms. The lowest BCUT2D eigenvalue weighted by atomic mass is 9.96. The first-order valence-corrected chi connectivity index (χ1v) is 5.78. The van der Waals surface area contributed by atoms with Crippen molar-refractivity contribution >= 4 is 0 Å². The van der Waals surface area contributed by atoms with Gasteiger partial charge >= 0.3 is 0 Å². The van der Waals surface area contributed by atoms with Crippen molar-refractivity contribution in [1.82, 2.24) is 5.32 Å². The van der Waals surface area contributed by atoms with E-state index in [-0.39, 0.29) is 6.04 Å². The van der Waals surface area contributed by atoms with Crippen LogP contribution in [0.25, 0.3) is 0 Å². The van der Waals surface area contributed by atoms with Crippen LogP contribution in [0.5, 0.6) is 0 Å². The van der Waals surface area contributed by atoms with Crippen molar-refractivity contribution < 1.29 is 5.11 Å². The molecule has 0 aromatic heterocycles. The highest BCUT2D eigenvalue weighted by molar-refractivity contribution is 5.25. The molecule has 0 fully saturated rings. The zero-order valence-corrected chi connectivity index (χ0v) is 9.88. The second-order valence-electron chi connectivity index (χ2n) is 4.03. The molecule has 2 rings (SSSR count). The van der Waals surface area contributed by atoms with E-state index < -0.39 is 6.10 Å². The molecule has 0 spiro atoms. The molecule has 2 aromatic carbocycles. The Bertz CT molecular complexity index is 441. The van der Waals surface area contributed by atoms with Gasteiger partial charge in [0.1, 0.15) is 0 Å². The van der Waals surface area contributed by atoms with Gasteiger partial charge in [-0.05, 0) is 18.2 Å². The Labute approximate surface area is 102 Å². The topological polar surface area (TPSA) is 32.3 Å². The average molecular weight is 227 g/mol. The molecule has 0 aliphatic rings. The van der Waals surface area contributed by atoms with Gasteiger partial charge < -0.3 is 10.4 Å². The van der Waals surface area contributed by atoms with Gasteiger partial charge in [-0.1, -0.05) is 60.7 Å². The van der Waals surface area contributed by atoms with Crippen molar-refractivity contribution in [1.29, 1.82) is 0 Å². The molecule has 2 atom stereocenters. The van der Waals surface area contributed by atoms with Gasteiger partial charge in [0.25, 0.3) is 0 Å². The summed E-state index contributed by atoms with van der Waals surface area (Å²) in [6.45, 7) is 0. The number of benzene rings is 2. The quantitative estimate of drug-likeness (QED) is 0.841. The standard InChI is InChI=1S/C15H17NO/c1-16-14(12-8-4-2-5-9-12)15(17)13-10-6-3-7-11-13/h2-11,14-17H,1H3/t14-,15?/m0/s1. The van der Waals surface area contributed by atoms with E-state index in [0.717, 1.165) is 11.1 Å². The predicted octanol–water partition coefficient (Wildman–Crippen LogP) is 2.68. The molecule has 88 valence electrons. The summed E-state index contributed by atoms with van der Waals surface area (Å²) in [4.78, 5) is 0. The van der Waals surface area contributed by atoms with Crippen LogP contribution in [0.1, 0.15) is 23.3 Å². The first-order valence-electron chi connectivity index (χ1n) is 5.78. The maximum atomic E-state index is 10.4. The summed E-state index contributed by atoms with van der Waals surface area (Å²) in [5.41, 5.74) is 2.02. The molecule has 17 heavy (non-hydrogen) atoms. The maximum absolute atomic E-state index is 10.4. The second-order valence-corrected chi connectivity index (χ2v) is 4.03. The number of aliphatic hydroxyl groups is 1. The summed E-state index contributed by atoms with van der Waals surface area (Å²) >= 11 is 0. The monoisotopic (exact) mass is 227 g/mol. The molecule has 2 N–H and O–H groups in total. The third kappa shape index (κ3) is 2.73. The lowest BCUT2D eigenvalue weighted by molar-refractivity contribution is 0.133. The summed E-state index contributed by atoms with van der Waals surface area (Å²) in [7, 11) is 1.86. The van der Waals surface area contributed by atoms with Crippen LogP contribution >= 0.6 is 0 Å². The molecule has 2 nitrogen and oxygen atoms in total. The van der Waals surface area contributed by atoms with E-state index >= 15 is 0 Å². The minimum absolute atomic E-state index is 0.0846. The van der Waals surface area contributed by atoms with Crippen molar-refractivity contribution in [2.45, 2.75) is 12.1 Å². The smallest absolute Gasteiger partial charge is 0.0984 e. The van der Waals surface area contributed by atoms with Crippen molar-refractivity contribution in [3.05, 3.63) is 71.8 Å². The van der Waals surface area contributed by atoms with Gasteiger partial charge in [0.15, 0.2) is 0 Å². The summed E-state index contributed by atoms with van der Waals surface area (Å²) < 4.78 is 0. The first kappa shape index (κ1) is 11.8. The van der Waals surface area contributed by atoms with Crippen LogP contribution in [0.15, 0.2) is 60.7 Å². The number of aliphatic hydroxyl groups excluding tert-OH is 1. The Kier molecular flexibility index (Phi) is 3.91. The van der Waals surface area contributed by atoms with Crippen molar-refractivity contribution in [3.63, 3.8) is 0 Å². The molecule has 0 saturated carbocycles. The van der Waals surface area contributed by atoms with Crippen LogP contribution in [0.2, 0.25) is 0 Å². The minimum atomic E-state index is -0.538. The number of rotatable bonds is 4. The zero-order valence-electron chi connectivity index (χ0n) is 9.88. The maximum Gasteiger partial charge on any atom is 0.0984 e. The lowest BCUT2D eigenvalue weighted by Gasteiger charge is -2.23. The SMILES string of the molecule is CN[C@@H](c1ccccc1)C(O)c1ccccc1. The van der Waals surface area contributed by atoms with E-state index in [4.69, 9.17) is 0 Å². The van der Waals surface area contributed by atoms with Crippen molar-refractivity contribution in [2.24, 2.45) is 0 Å². The highest BCUT2D eigenvalue weighted by atomic mass is 16.3. The Morgan fingerprint density at radius 3 is 1.76 bits per heavy atom. The normalized spacial score (nSPS) is 14.2. The van der Waals surface area contributed by atoms with Crippen LogP contribution in [-0.2, 0) is 0 Å². The molecule has 0 aliphatic heterocycles. The van der Waals surface area contributed by atoms with Crippen LogP contribution in [-0.4, -0.2) is 12.2 Å². The number of hydrogen-bond acceptors (Lipinski definition) is 2. The van der Waals surface area contributed by atoms with E-state index in [0.29, 0.717) is 0 Å². The number of nitrogens with one attached hydrogen (secondary N) is 1. The summed E-state index contributed by atoms with van der Waals surface area (Å²) in [5, 5.41) is 13.5. The van der Waals surface area contributed by atoms with E-state index in [9.17, 15) is 5.11 Å². The van der Waals surface area contributed by atoms with Gasteiger partial charge in [0, 0.05) is 0 Å². The molecule has 0 heterocycles. The molecule has 0 aliphatic carbocycles. The van der Waals surface area contributed by atoms with Crippen LogP contribution in [0, 0.1) is 0 Å². The Balaban J connectivity index is 2.25. The fourth-order valence-electron chi connectivity index (χ4n) is 2.01.